The molecule has 1 saturated heterocycles. The van der Waals surface area contributed by atoms with Crippen LogP contribution < -0.4 is 0 Å². The molecule has 1 aliphatic heterocycles. The molecule has 1 atom stereocenters. The highest BCUT2D eigenvalue weighted by molar-refractivity contribution is 5.75. The molecule has 1 aliphatic carbocycles. The topological polar surface area (TPSA) is 32.7 Å². The second-order valence-corrected chi connectivity index (χ2v) is 5.87. The minimum Gasteiger partial charge on any atom is -0.385 e. The first-order valence-electron chi connectivity index (χ1n) is 7.73. The SMILES string of the molecule is OC1(CCN2CCOCC2)C=CC(c2ccccc2)=CC1. The van der Waals surface area contributed by atoms with Gasteiger partial charge in [-0.25, -0.2) is 0 Å². The van der Waals surface area contributed by atoms with Crippen LogP contribution in [0.2, 0.25) is 0 Å². The van der Waals surface area contributed by atoms with Crippen LogP contribution in [0.4, 0.5) is 0 Å². The van der Waals surface area contributed by atoms with E-state index >= 15 is 0 Å². The molecule has 3 nitrogen and oxygen atoms in total. The number of ether oxygens (including phenoxy) is 1. The fourth-order valence-electron chi connectivity index (χ4n) is 2.87. The van der Waals surface area contributed by atoms with Gasteiger partial charge in [0.15, 0.2) is 0 Å². The minimum absolute atomic E-state index is 0.693. The number of nitrogens with zero attached hydrogens (tertiary/aromatic N) is 1. The van der Waals surface area contributed by atoms with E-state index in [-0.39, 0.29) is 0 Å². The van der Waals surface area contributed by atoms with Gasteiger partial charge in [0.2, 0.25) is 0 Å². The molecule has 112 valence electrons. The molecular weight excluding hydrogens is 262 g/mol. The van der Waals surface area contributed by atoms with Crippen LogP contribution in [0.1, 0.15) is 18.4 Å². The lowest BCUT2D eigenvalue weighted by atomic mass is 9.87. The number of hydrogen-bond donors (Lipinski definition) is 1. The summed E-state index contributed by atoms with van der Waals surface area (Å²) in [5, 5.41) is 10.7. The molecule has 1 aromatic rings. The van der Waals surface area contributed by atoms with E-state index in [9.17, 15) is 5.11 Å². The quantitative estimate of drug-likeness (QED) is 0.922. The zero-order valence-electron chi connectivity index (χ0n) is 12.4. The van der Waals surface area contributed by atoms with E-state index in [1.165, 1.54) is 11.1 Å². The van der Waals surface area contributed by atoms with Gasteiger partial charge in [0.05, 0.1) is 18.8 Å². The smallest absolute Gasteiger partial charge is 0.0877 e. The first-order chi connectivity index (χ1) is 10.3. The summed E-state index contributed by atoms with van der Waals surface area (Å²) in [5.41, 5.74) is 1.71. The lowest BCUT2D eigenvalue weighted by molar-refractivity contribution is 0.0185. The highest BCUT2D eigenvalue weighted by Crippen LogP contribution is 2.29. The summed E-state index contributed by atoms with van der Waals surface area (Å²) in [4.78, 5) is 2.37. The largest absolute Gasteiger partial charge is 0.385 e. The van der Waals surface area contributed by atoms with Crippen molar-refractivity contribution < 1.29 is 9.84 Å². The Kier molecular flexibility index (Phi) is 4.54. The van der Waals surface area contributed by atoms with Crippen molar-refractivity contribution >= 4 is 5.57 Å². The highest BCUT2D eigenvalue weighted by atomic mass is 16.5. The summed E-state index contributed by atoms with van der Waals surface area (Å²) in [6.07, 6.45) is 7.64. The Balaban J connectivity index is 1.56. The fraction of sp³-hybridized carbons (Fsp3) is 0.444. The molecule has 0 spiro atoms. The van der Waals surface area contributed by atoms with Gasteiger partial charge in [0.25, 0.3) is 0 Å². The third-order valence-corrected chi connectivity index (χ3v) is 4.32. The number of morpholine rings is 1. The van der Waals surface area contributed by atoms with Crippen LogP contribution in [0.5, 0.6) is 0 Å². The Bertz CT molecular complexity index is 517. The molecule has 21 heavy (non-hydrogen) atoms. The second kappa shape index (κ2) is 6.56. The predicted molar refractivity (Wildman–Crippen MR) is 85.0 cm³/mol. The van der Waals surface area contributed by atoms with E-state index in [2.05, 4.69) is 29.2 Å². The average Bonchev–Trinajstić information content (AvgIpc) is 2.56. The zero-order valence-corrected chi connectivity index (χ0v) is 12.4. The van der Waals surface area contributed by atoms with E-state index in [4.69, 9.17) is 4.74 Å². The number of hydrogen-bond acceptors (Lipinski definition) is 3. The van der Waals surface area contributed by atoms with Crippen molar-refractivity contribution in [3.05, 3.63) is 54.1 Å². The summed E-state index contributed by atoms with van der Waals surface area (Å²) in [6, 6.07) is 10.3. The number of benzene rings is 1. The van der Waals surface area contributed by atoms with E-state index in [1.54, 1.807) is 0 Å². The normalized spacial score (nSPS) is 26.6. The summed E-state index contributed by atoms with van der Waals surface area (Å²) >= 11 is 0. The van der Waals surface area contributed by atoms with Gasteiger partial charge >= 0.3 is 0 Å². The van der Waals surface area contributed by atoms with Crippen LogP contribution in [0.3, 0.4) is 0 Å². The van der Waals surface area contributed by atoms with E-state index in [0.717, 1.165) is 39.3 Å². The Morgan fingerprint density at radius 1 is 1.14 bits per heavy atom. The third kappa shape index (κ3) is 3.82. The highest BCUT2D eigenvalue weighted by Gasteiger charge is 2.26. The third-order valence-electron chi connectivity index (χ3n) is 4.32. The molecular formula is C18H23NO2. The summed E-state index contributed by atoms with van der Waals surface area (Å²) in [7, 11) is 0. The van der Waals surface area contributed by atoms with Crippen molar-refractivity contribution in [2.75, 3.05) is 32.8 Å². The Morgan fingerprint density at radius 3 is 2.57 bits per heavy atom. The maximum absolute atomic E-state index is 10.7. The van der Waals surface area contributed by atoms with Gasteiger partial charge in [-0.15, -0.1) is 0 Å². The Labute approximate surface area is 126 Å². The van der Waals surface area contributed by atoms with Crippen molar-refractivity contribution in [1.29, 1.82) is 0 Å². The van der Waals surface area contributed by atoms with E-state index < -0.39 is 5.60 Å². The zero-order chi connectivity index (χ0) is 14.5. The van der Waals surface area contributed by atoms with Crippen LogP contribution in [-0.4, -0.2) is 48.5 Å². The molecule has 1 unspecified atom stereocenters. The van der Waals surface area contributed by atoms with Crippen molar-refractivity contribution in [3.8, 4) is 0 Å². The molecule has 2 aliphatic rings. The molecule has 3 rings (SSSR count). The predicted octanol–water partition coefficient (Wildman–Crippen LogP) is 2.48. The number of rotatable bonds is 4. The lowest BCUT2D eigenvalue weighted by Gasteiger charge is -2.32. The van der Waals surface area contributed by atoms with Gasteiger partial charge in [-0.1, -0.05) is 48.6 Å². The standard InChI is InChI=1S/C18H23NO2/c20-18(10-11-19-12-14-21-15-13-19)8-6-17(7-9-18)16-4-2-1-3-5-16/h1-8,20H,9-15H2. The van der Waals surface area contributed by atoms with Gasteiger partial charge in [-0.2, -0.15) is 0 Å². The fourth-order valence-corrected chi connectivity index (χ4v) is 2.87. The number of aliphatic hydroxyl groups is 1. The van der Waals surface area contributed by atoms with Crippen LogP contribution in [-0.2, 0) is 4.74 Å². The van der Waals surface area contributed by atoms with Crippen LogP contribution in [0.15, 0.2) is 48.6 Å². The van der Waals surface area contributed by atoms with Gasteiger partial charge in [0.1, 0.15) is 0 Å². The molecule has 0 saturated carbocycles. The number of allylic oxidation sites excluding steroid dienone is 2. The molecule has 1 heterocycles. The molecule has 3 heteroatoms. The molecule has 1 fully saturated rings. The van der Waals surface area contributed by atoms with Gasteiger partial charge in [-0.3, -0.25) is 4.90 Å². The monoisotopic (exact) mass is 285 g/mol. The first kappa shape index (κ1) is 14.5. The minimum atomic E-state index is -0.698. The van der Waals surface area contributed by atoms with E-state index in [0.29, 0.717) is 6.42 Å². The molecule has 0 bridgehead atoms. The molecule has 1 aromatic carbocycles. The van der Waals surface area contributed by atoms with Gasteiger partial charge in [-0.05, 0) is 24.0 Å². The summed E-state index contributed by atoms with van der Waals surface area (Å²) in [6.45, 7) is 4.51. The Morgan fingerprint density at radius 2 is 1.90 bits per heavy atom. The second-order valence-electron chi connectivity index (χ2n) is 5.87. The van der Waals surface area contributed by atoms with Crippen molar-refractivity contribution in [3.63, 3.8) is 0 Å². The summed E-state index contributed by atoms with van der Waals surface area (Å²) in [5.74, 6) is 0. The van der Waals surface area contributed by atoms with Crippen molar-refractivity contribution in [2.24, 2.45) is 0 Å². The van der Waals surface area contributed by atoms with Crippen molar-refractivity contribution in [2.45, 2.75) is 18.4 Å². The summed E-state index contributed by atoms with van der Waals surface area (Å²) < 4.78 is 5.35. The van der Waals surface area contributed by atoms with Crippen LogP contribution in [0.25, 0.3) is 5.57 Å². The molecule has 0 aromatic heterocycles. The maximum atomic E-state index is 10.7. The molecule has 0 amide bonds. The van der Waals surface area contributed by atoms with Crippen LogP contribution >= 0.6 is 0 Å². The van der Waals surface area contributed by atoms with Gasteiger partial charge in [0, 0.05) is 19.6 Å². The molecule has 1 N–H and O–H groups in total. The average molecular weight is 285 g/mol. The van der Waals surface area contributed by atoms with Crippen molar-refractivity contribution in [1.82, 2.24) is 4.90 Å². The maximum Gasteiger partial charge on any atom is 0.0877 e. The van der Waals surface area contributed by atoms with E-state index in [1.807, 2.05) is 24.3 Å². The first-order valence-corrected chi connectivity index (χ1v) is 7.73. The molecule has 0 radical (unpaired) electrons. The van der Waals surface area contributed by atoms with Gasteiger partial charge < -0.3 is 9.84 Å². The lowest BCUT2D eigenvalue weighted by Crippen LogP contribution is -2.40. The Hall–Kier alpha value is -1.42. The van der Waals surface area contributed by atoms with Crippen LogP contribution in [0, 0.1) is 0 Å².